The molecule has 6 nitrogen and oxygen atoms in total. The van der Waals surface area contributed by atoms with Gasteiger partial charge in [-0.2, -0.15) is 4.31 Å². The molecule has 1 N–H and O–H groups in total. The van der Waals surface area contributed by atoms with Crippen LogP contribution in [-0.2, 0) is 22.3 Å². The quantitative estimate of drug-likeness (QED) is 0.657. The topological polar surface area (TPSA) is 83.9 Å². The number of ether oxygens (including phenoxy) is 1. The lowest BCUT2D eigenvalue weighted by Crippen LogP contribution is -2.35. The summed E-state index contributed by atoms with van der Waals surface area (Å²) in [5, 5.41) is 9.03. The van der Waals surface area contributed by atoms with E-state index < -0.39 is 16.0 Å². The molecule has 0 saturated heterocycles. The molecule has 0 aliphatic heterocycles. The van der Waals surface area contributed by atoms with Gasteiger partial charge < -0.3 is 9.84 Å². The summed E-state index contributed by atoms with van der Waals surface area (Å²) in [7, 11) is -2.04. The number of carboxylic acid groups (broad SMARTS) is 1. The summed E-state index contributed by atoms with van der Waals surface area (Å²) in [6.45, 7) is 0.635. The summed E-state index contributed by atoms with van der Waals surface area (Å²) in [6, 6.07) is 13.3. The van der Waals surface area contributed by atoms with E-state index >= 15 is 0 Å². The number of aromatic carboxylic acids is 1. The van der Waals surface area contributed by atoms with Crippen molar-refractivity contribution >= 4 is 16.0 Å². The first-order chi connectivity index (χ1) is 14.4. The Labute approximate surface area is 177 Å². The zero-order valence-electron chi connectivity index (χ0n) is 16.8. The minimum absolute atomic E-state index is 0.109. The predicted molar refractivity (Wildman–Crippen MR) is 116 cm³/mol. The second-order valence-electron chi connectivity index (χ2n) is 7.21. The molecule has 0 bridgehead atoms. The number of allylic oxidation sites excluding steroid dienone is 3. The average molecular weight is 428 g/mol. The van der Waals surface area contributed by atoms with E-state index in [2.05, 4.69) is 0 Å². The molecule has 0 heterocycles. The summed E-state index contributed by atoms with van der Waals surface area (Å²) in [5.74, 6) is -0.401. The fraction of sp³-hybridized carbons (Fsp3) is 0.261. The Morgan fingerprint density at radius 3 is 2.30 bits per heavy atom. The molecule has 0 saturated carbocycles. The summed E-state index contributed by atoms with van der Waals surface area (Å²) in [4.78, 5) is 11.0. The van der Waals surface area contributed by atoms with Gasteiger partial charge in [-0.05, 0) is 47.7 Å². The van der Waals surface area contributed by atoms with Crippen LogP contribution in [0, 0.1) is 5.92 Å². The first-order valence-electron chi connectivity index (χ1n) is 9.64. The van der Waals surface area contributed by atoms with Crippen molar-refractivity contribution in [1.29, 1.82) is 0 Å². The highest BCUT2D eigenvalue weighted by molar-refractivity contribution is 7.88. The number of carbonyl (C=O) groups is 1. The van der Waals surface area contributed by atoms with Gasteiger partial charge in [-0.15, -0.1) is 0 Å². The molecular formula is C23H25NO5S. The van der Waals surface area contributed by atoms with Gasteiger partial charge >= 0.3 is 5.97 Å². The first-order valence-corrected chi connectivity index (χ1v) is 11.2. The largest absolute Gasteiger partial charge is 0.497 e. The van der Waals surface area contributed by atoms with Gasteiger partial charge in [-0.1, -0.05) is 48.6 Å². The van der Waals surface area contributed by atoms with E-state index in [1.54, 1.807) is 19.2 Å². The van der Waals surface area contributed by atoms with Crippen LogP contribution >= 0.6 is 0 Å². The number of sulfonamides is 1. The van der Waals surface area contributed by atoms with E-state index in [0.717, 1.165) is 12.0 Å². The van der Waals surface area contributed by atoms with Gasteiger partial charge in [0.25, 0.3) is 0 Å². The molecule has 1 aliphatic carbocycles. The number of benzene rings is 2. The molecule has 0 radical (unpaired) electrons. The molecule has 1 unspecified atom stereocenters. The molecule has 0 spiro atoms. The Morgan fingerprint density at radius 2 is 1.73 bits per heavy atom. The molecule has 1 atom stereocenters. The minimum Gasteiger partial charge on any atom is -0.497 e. The summed E-state index contributed by atoms with van der Waals surface area (Å²) < 4.78 is 33.2. The van der Waals surface area contributed by atoms with Gasteiger partial charge in [0.2, 0.25) is 10.0 Å². The van der Waals surface area contributed by atoms with E-state index in [0.29, 0.717) is 17.9 Å². The van der Waals surface area contributed by atoms with Crippen LogP contribution in [0.4, 0.5) is 0 Å². The third kappa shape index (κ3) is 5.81. The fourth-order valence-corrected chi connectivity index (χ4v) is 4.85. The van der Waals surface area contributed by atoms with Gasteiger partial charge in [0.1, 0.15) is 5.75 Å². The summed E-state index contributed by atoms with van der Waals surface area (Å²) in [6.07, 6.45) is 8.75. The number of hydrogen-bond donors (Lipinski definition) is 1. The molecular weight excluding hydrogens is 402 g/mol. The van der Waals surface area contributed by atoms with Crippen molar-refractivity contribution in [3.8, 4) is 5.75 Å². The molecule has 2 aromatic rings. The zero-order valence-corrected chi connectivity index (χ0v) is 17.6. The normalized spacial score (nSPS) is 16.0. The van der Waals surface area contributed by atoms with Crippen LogP contribution in [0.5, 0.6) is 5.75 Å². The highest BCUT2D eigenvalue weighted by atomic mass is 32.2. The maximum absolute atomic E-state index is 13.3. The Morgan fingerprint density at radius 1 is 1.07 bits per heavy atom. The maximum Gasteiger partial charge on any atom is 0.335 e. The lowest BCUT2D eigenvalue weighted by atomic mass is 10.0. The Balaban J connectivity index is 1.81. The fourth-order valence-electron chi connectivity index (χ4n) is 3.29. The van der Waals surface area contributed by atoms with Crippen LogP contribution in [0.15, 0.2) is 72.8 Å². The van der Waals surface area contributed by atoms with Crippen molar-refractivity contribution < 1.29 is 23.1 Å². The van der Waals surface area contributed by atoms with Gasteiger partial charge in [0.05, 0.1) is 18.4 Å². The molecule has 2 aromatic carbocycles. The molecule has 0 amide bonds. The van der Waals surface area contributed by atoms with Crippen molar-refractivity contribution in [1.82, 2.24) is 4.31 Å². The monoisotopic (exact) mass is 427 g/mol. The van der Waals surface area contributed by atoms with Crippen LogP contribution in [0.3, 0.4) is 0 Å². The summed E-state index contributed by atoms with van der Waals surface area (Å²) in [5.41, 5.74) is 1.56. The first kappa shape index (κ1) is 21.8. The Hall–Kier alpha value is -2.90. The highest BCUT2D eigenvalue weighted by Gasteiger charge is 2.25. The summed E-state index contributed by atoms with van der Waals surface area (Å²) >= 11 is 0. The molecule has 0 fully saturated rings. The minimum atomic E-state index is -3.63. The van der Waals surface area contributed by atoms with Crippen molar-refractivity contribution in [2.75, 3.05) is 13.7 Å². The molecule has 3 rings (SSSR count). The van der Waals surface area contributed by atoms with Crippen LogP contribution < -0.4 is 4.74 Å². The highest BCUT2D eigenvalue weighted by Crippen LogP contribution is 2.22. The molecule has 30 heavy (non-hydrogen) atoms. The number of carboxylic acids is 1. The standard InChI is InChI=1S/C23H25NO5S/c1-29-22-13-9-19(10-14-22)16-24(15-18-5-3-2-4-6-18)30(27,28)17-20-7-11-21(12-8-20)23(25)26/h2-5,7-14,18H,6,15-17H2,1H3,(H,25,26). The third-order valence-corrected chi connectivity index (χ3v) is 6.73. The van der Waals surface area contributed by atoms with E-state index in [1.165, 1.54) is 16.4 Å². The zero-order chi connectivity index (χ0) is 21.6. The van der Waals surface area contributed by atoms with Gasteiger partial charge in [0, 0.05) is 13.1 Å². The van der Waals surface area contributed by atoms with E-state index in [1.807, 2.05) is 48.6 Å². The smallest absolute Gasteiger partial charge is 0.335 e. The van der Waals surface area contributed by atoms with E-state index in [-0.39, 0.29) is 23.8 Å². The average Bonchev–Trinajstić information content (AvgIpc) is 2.74. The molecule has 0 aromatic heterocycles. The van der Waals surface area contributed by atoms with Crippen molar-refractivity contribution in [2.24, 2.45) is 5.92 Å². The second-order valence-corrected chi connectivity index (χ2v) is 9.18. The second kappa shape index (κ2) is 9.73. The Bertz CT molecular complexity index is 1020. The number of hydrogen-bond acceptors (Lipinski definition) is 4. The third-order valence-electron chi connectivity index (χ3n) is 4.97. The van der Waals surface area contributed by atoms with Crippen LogP contribution in [0.25, 0.3) is 0 Å². The van der Waals surface area contributed by atoms with Crippen molar-refractivity contribution in [3.05, 3.63) is 89.5 Å². The van der Waals surface area contributed by atoms with Gasteiger partial charge in [-0.3, -0.25) is 0 Å². The molecule has 7 heteroatoms. The molecule has 158 valence electrons. The van der Waals surface area contributed by atoms with E-state index in [4.69, 9.17) is 9.84 Å². The van der Waals surface area contributed by atoms with Crippen LogP contribution in [0.1, 0.15) is 27.9 Å². The maximum atomic E-state index is 13.3. The number of nitrogens with zero attached hydrogens (tertiary/aromatic N) is 1. The number of rotatable bonds is 9. The lowest BCUT2D eigenvalue weighted by molar-refractivity contribution is 0.0697. The van der Waals surface area contributed by atoms with E-state index in [9.17, 15) is 13.2 Å². The predicted octanol–water partition coefficient (Wildman–Crippen LogP) is 3.86. The Kier molecular flexibility index (Phi) is 7.07. The lowest BCUT2D eigenvalue weighted by Gasteiger charge is -2.26. The van der Waals surface area contributed by atoms with Gasteiger partial charge in [0.15, 0.2) is 0 Å². The van der Waals surface area contributed by atoms with Crippen molar-refractivity contribution in [3.63, 3.8) is 0 Å². The van der Waals surface area contributed by atoms with Gasteiger partial charge in [-0.25, -0.2) is 13.2 Å². The van der Waals surface area contributed by atoms with Crippen LogP contribution in [-0.4, -0.2) is 37.5 Å². The van der Waals surface area contributed by atoms with Crippen LogP contribution in [0.2, 0.25) is 0 Å². The number of methoxy groups -OCH3 is 1. The molecule has 1 aliphatic rings. The van der Waals surface area contributed by atoms with Crippen molar-refractivity contribution in [2.45, 2.75) is 18.7 Å². The SMILES string of the molecule is COc1ccc(CN(CC2C=CC=CC2)S(=O)(=O)Cc2ccc(C(=O)O)cc2)cc1.